The van der Waals surface area contributed by atoms with Crippen LogP contribution in [0.3, 0.4) is 0 Å². The Balaban J connectivity index is 1.93. The Bertz CT molecular complexity index is 578. The average molecular weight is 249 g/mol. The van der Waals surface area contributed by atoms with Crippen LogP contribution >= 0.6 is 0 Å². The van der Waals surface area contributed by atoms with Crippen LogP contribution in [0.2, 0.25) is 0 Å². The van der Waals surface area contributed by atoms with Crippen molar-refractivity contribution in [2.45, 2.75) is 32.2 Å². The van der Waals surface area contributed by atoms with Gasteiger partial charge >= 0.3 is 5.76 Å². The summed E-state index contributed by atoms with van der Waals surface area (Å²) in [5.41, 5.74) is 8.02. The summed E-state index contributed by atoms with van der Waals surface area (Å²) in [6.07, 6.45) is 1.96. The van der Waals surface area contributed by atoms with Crippen LogP contribution in [0.5, 0.6) is 0 Å². The first-order valence-corrected chi connectivity index (χ1v) is 6.10. The summed E-state index contributed by atoms with van der Waals surface area (Å²) >= 11 is 0. The van der Waals surface area contributed by atoms with Crippen molar-refractivity contribution in [2.75, 3.05) is 11.9 Å². The maximum atomic E-state index is 11.0. The fourth-order valence-corrected chi connectivity index (χ4v) is 1.83. The Morgan fingerprint density at radius 2 is 2.22 bits per heavy atom. The number of fused-ring (bicyclic) bond motifs is 1. The lowest BCUT2D eigenvalue weighted by Crippen LogP contribution is -2.32. The summed E-state index contributed by atoms with van der Waals surface area (Å²) in [6.45, 7) is 4.89. The van der Waals surface area contributed by atoms with Crippen LogP contribution in [-0.2, 0) is 0 Å². The number of nitrogens with one attached hydrogen (secondary N) is 2. The standard InChI is InChI=1S/C13H19N3O2/c1-13(2,14)6-3-7-15-9-4-5-10-11(8-9)18-12(17)16-10/h4-5,8,15H,3,6-7,14H2,1-2H3,(H,16,17). The van der Waals surface area contributed by atoms with Gasteiger partial charge in [-0.25, -0.2) is 4.79 Å². The van der Waals surface area contributed by atoms with E-state index in [1.54, 1.807) is 0 Å². The fourth-order valence-electron chi connectivity index (χ4n) is 1.83. The molecule has 5 nitrogen and oxygen atoms in total. The van der Waals surface area contributed by atoms with Crippen molar-refractivity contribution in [1.82, 2.24) is 4.98 Å². The van der Waals surface area contributed by atoms with Gasteiger partial charge < -0.3 is 15.5 Å². The third kappa shape index (κ3) is 3.37. The van der Waals surface area contributed by atoms with Crippen LogP contribution in [0.15, 0.2) is 27.4 Å². The van der Waals surface area contributed by atoms with Crippen LogP contribution < -0.4 is 16.8 Å². The lowest BCUT2D eigenvalue weighted by Gasteiger charge is -2.18. The van der Waals surface area contributed by atoms with Gasteiger partial charge in [0, 0.05) is 23.8 Å². The molecular weight excluding hydrogens is 230 g/mol. The van der Waals surface area contributed by atoms with Crippen molar-refractivity contribution in [3.63, 3.8) is 0 Å². The molecule has 98 valence electrons. The van der Waals surface area contributed by atoms with Crippen LogP contribution in [0.1, 0.15) is 26.7 Å². The molecule has 2 aromatic rings. The van der Waals surface area contributed by atoms with E-state index in [2.05, 4.69) is 10.3 Å². The SMILES string of the molecule is CC(C)(N)CCCNc1ccc2[nH]c(=O)oc2c1. The van der Waals surface area contributed by atoms with Crippen molar-refractivity contribution < 1.29 is 4.42 Å². The molecule has 0 aliphatic carbocycles. The van der Waals surface area contributed by atoms with Crippen molar-refractivity contribution in [3.05, 3.63) is 28.7 Å². The van der Waals surface area contributed by atoms with Gasteiger partial charge in [0.25, 0.3) is 0 Å². The van der Waals surface area contributed by atoms with Crippen LogP contribution in [0.4, 0.5) is 5.69 Å². The molecule has 0 amide bonds. The van der Waals surface area contributed by atoms with Gasteiger partial charge in [-0.2, -0.15) is 0 Å². The normalized spacial score (nSPS) is 11.9. The van der Waals surface area contributed by atoms with Gasteiger partial charge in [0.1, 0.15) is 0 Å². The van der Waals surface area contributed by atoms with E-state index in [0.717, 1.165) is 25.1 Å². The zero-order valence-electron chi connectivity index (χ0n) is 10.7. The van der Waals surface area contributed by atoms with E-state index in [4.69, 9.17) is 10.2 Å². The van der Waals surface area contributed by atoms with Crippen LogP contribution in [-0.4, -0.2) is 17.1 Å². The largest absolute Gasteiger partial charge is 0.417 e. The van der Waals surface area contributed by atoms with Crippen LogP contribution in [0, 0.1) is 0 Å². The maximum absolute atomic E-state index is 11.0. The number of hydrogen-bond donors (Lipinski definition) is 3. The topological polar surface area (TPSA) is 84.0 Å². The zero-order valence-corrected chi connectivity index (χ0v) is 10.7. The van der Waals surface area contributed by atoms with E-state index in [0.29, 0.717) is 11.1 Å². The molecular formula is C13H19N3O2. The van der Waals surface area contributed by atoms with Gasteiger partial charge in [-0.05, 0) is 38.8 Å². The third-order valence-corrected chi connectivity index (χ3v) is 2.75. The minimum absolute atomic E-state index is 0.126. The van der Waals surface area contributed by atoms with Crippen LogP contribution in [0.25, 0.3) is 11.1 Å². The first kappa shape index (κ1) is 12.7. The molecule has 0 atom stereocenters. The second-order valence-corrected chi connectivity index (χ2v) is 5.24. The van der Waals surface area contributed by atoms with Gasteiger partial charge in [-0.15, -0.1) is 0 Å². The van der Waals surface area contributed by atoms with Gasteiger partial charge in [0.15, 0.2) is 5.58 Å². The summed E-state index contributed by atoms with van der Waals surface area (Å²) in [4.78, 5) is 13.6. The molecule has 0 aliphatic rings. The fraction of sp³-hybridized carbons (Fsp3) is 0.462. The Hall–Kier alpha value is -1.75. The minimum Gasteiger partial charge on any atom is -0.408 e. The number of rotatable bonds is 5. The molecule has 0 radical (unpaired) electrons. The Morgan fingerprint density at radius 3 is 2.94 bits per heavy atom. The van der Waals surface area contributed by atoms with Crippen molar-refractivity contribution in [3.8, 4) is 0 Å². The number of aromatic amines is 1. The van der Waals surface area contributed by atoms with E-state index in [1.165, 1.54) is 0 Å². The molecule has 0 spiro atoms. The second kappa shape index (κ2) is 4.86. The van der Waals surface area contributed by atoms with Crippen molar-refractivity contribution in [2.24, 2.45) is 5.73 Å². The van der Waals surface area contributed by atoms with E-state index in [-0.39, 0.29) is 5.54 Å². The first-order chi connectivity index (χ1) is 8.44. The molecule has 1 aromatic carbocycles. The highest BCUT2D eigenvalue weighted by Crippen LogP contribution is 2.16. The summed E-state index contributed by atoms with van der Waals surface area (Å²) in [6, 6.07) is 5.57. The Labute approximate surface area is 105 Å². The number of anilines is 1. The van der Waals surface area contributed by atoms with E-state index in [1.807, 2.05) is 32.0 Å². The molecule has 0 unspecified atom stereocenters. The molecule has 1 aromatic heterocycles. The Kier molecular flexibility index (Phi) is 3.43. The quantitative estimate of drug-likeness (QED) is 0.708. The molecule has 4 N–H and O–H groups in total. The number of hydrogen-bond acceptors (Lipinski definition) is 4. The lowest BCUT2D eigenvalue weighted by molar-refractivity contribution is 0.465. The maximum Gasteiger partial charge on any atom is 0.417 e. The number of benzene rings is 1. The van der Waals surface area contributed by atoms with E-state index < -0.39 is 5.76 Å². The van der Waals surface area contributed by atoms with Gasteiger partial charge in [0.2, 0.25) is 0 Å². The van der Waals surface area contributed by atoms with E-state index in [9.17, 15) is 4.79 Å². The Morgan fingerprint density at radius 1 is 1.44 bits per heavy atom. The molecule has 0 aliphatic heterocycles. The monoisotopic (exact) mass is 249 g/mol. The number of oxazole rings is 1. The molecule has 0 saturated heterocycles. The molecule has 0 saturated carbocycles. The number of aromatic nitrogens is 1. The van der Waals surface area contributed by atoms with Crippen molar-refractivity contribution >= 4 is 16.8 Å². The lowest BCUT2D eigenvalue weighted by atomic mass is 10.0. The minimum atomic E-state index is -0.424. The smallest absolute Gasteiger partial charge is 0.408 e. The highest BCUT2D eigenvalue weighted by atomic mass is 16.4. The zero-order chi connectivity index (χ0) is 13.2. The molecule has 0 bridgehead atoms. The van der Waals surface area contributed by atoms with Gasteiger partial charge in [-0.3, -0.25) is 4.98 Å². The molecule has 1 heterocycles. The molecule has 5 heteroatoms. The molecule has 2 rings (SSSR count). The number of nitrogens with two attached hydrogens (primary N) is 1. The summed E-state index contributed by atoms with van der Waals surface area (Å²) in [5, 5.41) is 3.29. The van der Waals surface area contributed by atoms with E-state index >= 15 is 0 Å². The summed E-state index contributed by atoms with van der Waals surface area (Å²) in [7, 11) is 0. The predicted octanol–water partition coefficient (Wildman–Crippen LogP) is 2.05. The highest BCUT2D eigenvalue weighted by Gasteiger charge is 2.09. The van der Waals surface area contributed by atoms with Gasteiger partial charge in [-0.1, -0.05) is 0 Å². The van der Waals surface area contributed by atoms with Gasteiger partial charge in [0.05, 0.1) is 5.52 Å². The summed E-state index contributed by atoms with van der Waals surface area (Å²) < 4.78 is 5.00. The average Bonchev–Trinajstić information content (AvgIpc) is 2.62. The third-order valence-electron chi connectivity index (χ3n) is 2.75. The predicted molar refractivity (Wildman–Crippen MR) is 72.8 cm³/mol. The number of H-pyrrole nitrogens is 1. The summed E-state index contributed by atoms with van der Waals surface area (Å²) in [5.74, 6) is -0.424. The molecule has 18 heavy (non-hydrogen) atoms. The van der Waals surface area contributed by atoms with Crippen molar-refractivity contribution in [1.29, 1.82) is 0 Å². The highest BCUT2D eigenvalue weighted by molar-refractivity contribution is 5.76. The first-order valence-electron chi connectivity index (χ1n) is 6.10. The second-order valence-electron chi connectivity index (χ2n) is 5.24. The molecule has 0 fully saturated rings.